The number of nitrogens with zero attached hydrogens (tertiary/aromatic N) is 2. The van der Waals surface area contributed by atoms with Crippen molar-refractivity contribution in [1.82, 2.24) is 15.3 Å². The predicted molar refractivity (Wildman–Crippen MR) is 76.1 cm³/mol. The molecular formula is C15H25N3O. The fourth-order valence-corrected chi connectivity index (χ4v) is 3.20. The molecule has 0 bridgehead atoms. The van der Waals surface area contributed by atoms with Crippen molar-refractivity contribution < 1.29 is 4.74 Å². The zero-order chi connectivity index (χ0) is 13.7. The Hall–Kier alpha value is -1.16. The van der Waals surface area contributed by atoms with Crippen molar-refractivity contribution in [1.29, 1.82) is 0 Å². The molecule has 0 spiro atoms. The standard InChI is InChI=1S/C15H25N3O/c1-4-11-6-7-12(10-11)13(16-5-2)14-15(19-3)18-9-8-17-14/h8-9,11-13,16H,4-7,10H2,1-3H3. The highest BCUT2D eigenvalue weighted by atomic mass is 16.5. The number of aromatic nitrogens is 2. The van der Waals surface area contributed by atoms with Crippen LogP contribution in [-0.4, -0.2) is 23.6 Å². The third-order valence-corrected chi connectivity index (χ3v) is 4.23. The van der Waals surface area contributed by atoms with Gasteiger partial charge in [-0.1, -0.05) is 26.7 Å². The average molecular weight is 263 g/mol. The highest BCUT2D eigenvalue weighted by Gasteiger charge is 2.33. The van der Waals surface area contributed by atoms with Crippen molar-refractivity contribution >= 4 is 0 Å². The third kappa shape index (κ3) is 3.24. The van der Waals surface area contributed by atoms with Gasteiger partial charge in [0, 0.05) is 12.4 Å². The summed E-state index contributed by atoms with van der Waals surface area (Å²) >= 11 is 0. The number of hydrogen-bond acceptors (Lipinski definition) is 4. The van der Waals surface area contributed by atoms with Gasteiger partial charge in [0.1, 0.15) is 5.69 Å². The zero-order valence-electron chi connectivity index (χ0n) is 12.2. The van der Waals surface area contributed by atoms with E-state index in [1.807, 2.05) is 0 Å². The number of methoxy groups -OCH3 is 1. The summed E-state index contributed by atoms with van der Waals surface area (Å²) in [6.07, 6.45) is 8.63. The third-order valence-electron chi connectivity index (χ3n) is 4.23. The SMILES string of the molecule is CCNC(c1nccnc1OC)C1CCC(CC)C1. The molecule has 3 unspecified atom stereocenters. The van der Waals surface area contributed by atoms with Gasteiger partial charge in [-0.05, 0) is 31.2 Å². The van der Waals surface area contributed by atoms with E-state index >= 15 is 0 Å². The molecular weight excluding hydrogens is 238 g/mol. The summed E-state index contributed by atoms with van der Waals surface area (Å²) < 4.78 is 5.37. The summed E-state index contributed by atoms with van der Waals surface area (Å²) in [6, 6.07) is 0.269. The van der Waals surface area contributed by atoms with Gasteiger partial charge in [-0.3, -0.25) is 4.98 Å². The molecule has 1 N–H and O–H groups in total. The molecule has 2 rings (SSSR count). The first-order valence-electron chi connectivity index (χ1n) is 7.38. The topological polar surface area (TPSA) is 47.0 Å². The Morgan fingerprint density at radius 1 is 1.32 bits per heavy atom. The van der Waals surface area contributed by atoms with Crippen LogP contribution in [-0.2, 0) is 0 Å². The summed E-state index contributed by atoms with van der Waals surface area (Å²) in [5.74, 6) is 2.18. The van der Waals surface area contributed by atoms with Gasteiger partial charge >= 0.3 is 0 Å². The van der Waals surface area contributed by atoms with Crippen molar-refractivity contribution in [3.05, 3.63) is 18.1 Å². The molecule has 1 aromatic rings. The highest BCUT2D eigenvalue weighted by Crippen LogP contribution is 2.41. The molecule has 1 heterocycles. The van der Waals surface area contributed by atoms with Crippen molar-refractivity contribution in [3.8, 4) is 5.88 Å². The second-order valence-electron chi connectivity index (χ2n) is 5.33. The van der Waals surface area contributed by atoms with Crippen LogP contribution in [0.2, 0.25) is 0 Å². The van der Waals surface area contributed by atoms with Crippen LogP contribution in [0.15, 0.2) is 12.4 Å². The molecule has 4 nitrogen and oxygen atoms in total. The average Bonchev–Trinajstić information content (AvgIpc) is 2.93. The van der Waals surface area contributed by atoms with Crippen LogP contribution in [0.5, 0.6) is 5.88 Å². The Morgan fingerprint density at radius 3 is 2.74 bits per heavy atom. The van der Waals surface area contributed by atoms with E-state index in [2.05, 4.69) is 29.1 Å². The van der Waals surface area contributed by atoms with Gasteiger partial charge in [0.25, 0.3) is 0 Å². The number of hydrogen-bond donors (Lipinski definition) is 1. The lowest BCUT2D eigenvalue weighted by Gasteiger charge is -2.25. The van der Waals surface area contributed by atoms with Crippen LogP contribution >= 0.6 is 0 Å². The van der Waals surface area contributed by atoms with E-state index < -0.39 is 0 Å². The quantitative estimate of drug-likeness (QED) is 0.857. The Bertz CT molecular complexity index is 397. The predicted octanol–water partition coefficient (Wildman–Crippen LogP) is 2.96. The van der Waals surface area contributed by atoms with Gasteiger partial charge in [-0.25, -0.2) is 4.98 Å². The molecule has 19 heavy (non-hydrogen) atoms. The van der Waals surface area contributed by atoms with Crippen LogP contribution in [0.1, 0.15) is 51.3 Å². The van der Waals surface area contributed by atoms with Gasteiger partial charge in [-0.2, -0.15) is 0 Å². The summed E-state index contributed by atoms with van der Waals surface area (Å²) in [7, 11) is 1.67. The summed E-state index contributed by atoms with van der Waals surface area (Å²) in [5, 5.41) is 3.58. The van der Waals surface area contributed by atoms with E-state index in [4.69, 9.17) is 4.74 Å². The Kier molecular flexibility index (Phi) is 5.14. The molecule has 0 radical (unpaired) electrons. The van der Waals surface area contributed by atoms with Crippen molar-refractivity contribution in [2.45, 2.75) is 45.6 Å². The fourth-order valence-electron chi connectivity index (χ4n) is 3.20. The van der Waals surface area contributed by atoms with E-state index in [1.54, 1.807) is 19.5 Å². The Balaban J connectivity index is 2.20. The van der Waals surface area contributed by atoms with Crippen LogP contribution in [0.25, 0.3) is 0 Å². The largest absolute Gasteiger partial charge is 0.480 e. The number of ether oxygens (including phenoxy) is 1. The first kappa shape index (κ1) is 14.3. The Labute approximate surface area is 116 Å². The van der Waals surface area contributed by atoms with Crippen molar-refractivity contribution in [2.24, 2.45) is 11.8 Å². The van der Waals surface area contributed by atoms with Crippen molar-refractivity contribution in [2.75, 3.05) is 13.7 Å². The minimum Gasteiger partial charge on any atom is -0.480 e. The highest BCUT2D eigenvalue weighted by molar-refractivity contribution is 5.22. The summed E-state index contributed by atoms with van der Waals surface area (Å²) in [4.78, 5) is 8.80. The maximum Gasteiger partial charge on any atom is 0.237 e. The molecule has 4 heteroatoms. The van der Waals surface area contributed by atoms with E-state index in [0.717, 1.165) is 18.2 Å². The maximum absolute atomic E-state index is 5.37. The first-order valence-corrected chi connectivity index (χ1v) is 7.38. The minimum atomic E-state index is 0.269. The fraction of sp³-hybridized carbons (Fsp3) is 0.733. The molecule has 1 aliphatic carbocycles. The molecule has 106 valence electrons. The van der Waals surface area contributed by atoms with E-state index in [-0.39, 0.29) is 6.04 Å². The monoisotopic (exact) mass is 263 g/mol. The lowest BCUT2D eigenvalue weighted by atomic mass is 9.93. The van der Waals surface area contributed by atoms with Crippen LogP contribution in [0, 0.1) is 11.8 Å². The second kappa shape index (κ2) is 6.85. The molecule has 0 aromatic carbocycles. The number of rotatable bonds is 6. The van der Waals surface area contributed by atoms with Crippen LogP contribution < -0.4 is 10.1 Å². The maximum atomic E-state index is 5.37. The summed E-state index contributed by atoms with van der Waals surface area (Å²) in [6.45, 7) is 5.37. The molecule has 1 aliphatic rings. The first-order chi connectivity index (χ1) is 9.30. The normalized spacial score (nSPS) is 24.4. The van der Waals surface area contributed by atoms with E-state index in [1.165, 1.54) is 25.7 Å². The molecule has 0 amide bonds. The van der Waals surface area contributed by atoms with Gasteiger partial charge < -0.3 is 10.1 Å². The van der Waals surface area contributed by atoms with Gasteiger partial charge in [0.2, 0.25) is 5.88 Å². The minimum absolute atomic E-state index is 0.269. The van der Waals surface area contributed by atoms with Crippen molar-refractivity contribution in [3.63, 3.8) is 0 Å². The van der Waals surface area contributed by atoms with Crippen LogP contribution in [0.4, 0.5) is 0 Å². The molecule has 0 aliphatic heterocycles. The lowest BCUT2D eigenvalue weighted by Crippen LogP contribution is -2.28. The molecule has 1 fully saturated rings. The summed E-state index contributed by atoms with van der Waals surface area (Å²) in [5.41, 5.74) is 0.966. The molecule has 1 aromatic heterocycles. The van der Waals surface area contributed by atoms with E-state index in [9.17, 15) is 0 Å². The molecule has 1 saturated carbocycles. The Morgan fingerprint density at radius 2 is 2.11 bits per heavy atom. The zero-order valence-corrected chi connectivity index (χ0v) is 12.2. The van der Waals surface area contributed by atoms with Gasteiger partial charge in [-0.15, -0.1) is 0 Å². The smallest absolute Gasteiger partial charge is 0.237 e. The second-order valence-corrected chi connectivity index (χ2v) is 5.33. The molecule has 3 atom stereocenters. The van der Waals surface area contributed by atoms with Gasteiger partial charge in [0.15, 0.2) is 0 Å². The van der Waals surface area contributed by atoms with Gasteiger partial charge in [0.05, 0.1) is 13.2 Å². The van der Waals surface area contributed by atoms with E-state index in [0.29, 0.717) is 11.8 Å². The van der Waals surface area contributed by atoms with Crippen LogP contribution in [0.3, 0.4) is 0 Å². The molecule has 0 saturated heterocycles. The number of nitrogens with one attached hydrogen (secondary N) is 1. The lowest BCUT2D eigenvalue weighted by molar-refractivity contribution is 0.326.